The molecule has 0 unspecified atom stereocenters. The van der Waals surface area contributed by atoms with Gasteiger partial charge in [0.2, 0.25) is 10.0 Å². The Hall–Kier alpha value is -2.22. The van der Waals surface area contributed by atoms with Crippen LogP contribution < -0.4 is 5.32 Å². The minimum atomic E-state index is -3.36. The van der Waals surface area contributed by atoms with E-state index in [-0.39, 0.29) is 0 Å². The second-order valence-corrected chi connectivity index (χ2v) is 9.23. The van der Waals surface area contributed by atoms with Gasteiger partial charge in [-0.05, 0) is 42.7 Å². The Bertz CT molecular complexity index is 1050. The number of fused-ring (bicyclic) bond motifs is 1. The van der Waals surface area contributed by atoms with Gasteiger partial charge in [-0.25, -0.2) is 13.4 Å². The van der Waals surface area contributed by atoms with E-state index < -0.39 is 10.0 Å². The summed E-state index contributed by atoms with van der Waals surface area (Å²) < 4.78 is 29.1. The summed E-state index contributed by atoms with van der Waals surface area (Å²) in [4.78, 5) is 5.04. The summed E-state index contributed by atoms with van der Waals surface area (Å²) in [5, 5.41) is 3.40. The van der Waals surface area contributed by atoms with Crippen molar-refractivity contribution in [3.05, 3.63) is 59.9 Å². The van der Waals surface area contributed by atoms with Gasteiger partial charge in [-0.15, -0.1) is 0 Å². The minimum absolute atomic E-state index is 0.383. The first-order valence-corrected chi connectivity index (χ1v) is 11.2. The molecule has 0 bridgehead atoms. The topological polar surface area (TPSA) is 67.2 Å². The van der Waals surface area contributed by atoms with Crippen molar-refractivity contribution in [2.24, 2.45) is 7.05 Å². The number of aromatic nitrogens is 2. The summed E-state index contributed by atoms with van der Waals surface area (Å²) in [6.07, 6.45) is 3.01. The molecule has 7 heteroatoms. The maximum Gasteiger partial charge on any atom is 0.243 e. The lowest BCUT2D eigenvalue weighted by molar-refractivity contribution is 0.346. The highest BCUT2D eigenvalue weighted by Gasteiger charge is 2.25. The number of para-hydroxylation sites is 2. The lowest BCUT2D eigenvalue weighted by atomic mass is 10.2. The normalized spacial score (nSPS) is 15.9. The molecule has 0 radical (unpaired) electrons. The van der Waals surface area contributed by atoms with Crippen LogP contribution in [0.5, 0.6) is 0 Å². The number of imidazole rings is 1. The Balaban J connectivity index is 1.38. The van der Waals surface area contributed by atoms with Crippen molar-refractivity contribution in [3.8, 4) is 0 Å². The first-order valence-electron chi connectivity index (χ1n) is 9.76. The number of sulfonamides is 1. The first-order chi connectivity index (χ1) is 13.6. The van der Waals surface area contributed by atoms with E-state index in [1.165, 1.54) is 0 Å². The fourth-order valence-electron chi connectivity index (χ4n) is 3.71. The van der Waals surface area contributed by atoms with Crippen LogP contribution in [0.15, 0.2) is 53.4 Å². The van der Waals surface area contributed by atoms with Crippen molar-refractivity contribution >= 4 is 21.1 Å². The van der Waals surface area contributed by atoms with E-state index >= 15 is 0 Å². The number of nitrogens with zero attached hydrogens (tertiary/aromatic N) is 3. The van der Waals surface area contributed by atoms with E-state index in [4.69, 9.17) is 0 Å². The molecule has 1 aliphatic heterocycles. The van der Waals surface area contributed by atoms with Crippen LogP contribution >= 0.6 is 0 Å². The van der Waals surface area contributed by atoms with Gasteiger partial charge in [0.15, 0.2) is 0 Å². The highest BCUT2D eigenvalue weighted by Crippen LogP contribution is 2.21. The van der Waals surface area contributed by atoms with Crippen molar-refractivity contribution in [2.45, 2.75) is 37.2 Å². The smallest absolute Gasteiger partial charge is 0.243 e. The molecule has 28 heavy (non-hydrogen) atoms. The molecule has 1 N–H and O–H groups in total. The summed E-state index contributed by atoms with van der Waals surface area (Å²) in [6, 6.07) is 15.3. The second-order valence-electron chi connectivity index (χ2n) is 7.29. The zero-order valence-electron chi connectivity index (χ0n) is 16.1. The molecule has 148 valence electrons. The molecule has 3 aromatic rings. The minimum Gasteiger partial charge on any atom is -0.330 e. The molecule has 1 fully saturated rings. The SMILES string of the molecule is Cn1c(CNCc2ccc(S(=O)(=O)N3CCCCC3)cc2)nc2ccccc21. The summed E-state index contributed by atoms with van der Waals surface area (Å²) in [6.45, 7) is 2.57. The van der Waals surface area contributed by atoms with Crippen LogP contribution in [-0.4, -0.2) is 35.4 Å². The molecule has 0 amide bonds. The Kier molecular flexibility index (Phi) is 5.48. The maximum atomic E-state index is 12.7. The highest BCUT2D eigenvalue weighted by atomic mass is 32.2. The second kappa shape index (κ2) is 8.03. The number of nitrogens with one attached hydrogen (secondary N) is 1. The first kappa shape index (κ1) is 19.1. The van der Waals surface area contributed by atoms with Gasteiger partial charge in [0.25, 0.3) is 0 Å². The van der Waals surface area contributed by atoms with E-state index in [9.17, 15) is 8.42 Å². The molecule has 1 saturated heterocycles. The number of benzene rings is 2. The monoisotopic (exact) mass is 398 g/mol. The van der Waals surface area contributed by atoms with Crippen molar-refractivity contribution < 1.29 is 8.42 Å². The Labute approximate surface area is 166 Å². The van der Waals surface area contributed by atoms with Gasteiger partial charge in [0, 0.05) is 26.7 Å². The van der Waals surface area contributed by atoms with E-state index in [1.807, 2.05) is 37.4 Å². The molecule has 6 nitrogen and oxygen atoms in total. The highest BCUT2D eigenvalue weighted by molar-refractivity contribution is 7.89. The van der Waals surface area contributed by atoms with E-state index in [2.05, 4.69) is 20.9 Å². The van der Waals surface area contributed by atoms with E-state index in [1.54, 1.807) is 16.4 Å². The van der Waals surface area contributed by atoms with Crippen molar-refractivity contribution in [1.82, 2.24) is 19.2 Å². The molecular formula is C21H26N4O2S. The molecule has 0 aliphatic carbocycles. The third-order valence-electron chi connectivity index (χ3n) is 5.37. The predicted octanol–water partition coefficient (Wildman–Crippen LogP) is 3.04. The number of aryl methyl sites for hydroxylation is 1. The summed E-state index contributed by atoms with van der Waals surface area (Å²) in [5.41, 5.74) is 3.16. The van der Waals surface area contributed by atoms with Gasteiger partial charge < -0.3 is 9.88 Å². The van der Waals surface area contributed by atoms with Gasteiger partial charge in [-0.1, -0.05) is 30.7 Å². The Morgan fingerprint density at radius 1 is 0.964 bits per heavy atom. The molecule has 1 aliphatic rings. The molecule has 2 heterocycles. The Morgan fingerprint density at radius 2 is 1.68 bits per heavy atom. The van der Waals surface area contributed by atoms with Crippen LogP contribution in [0.3, 0.4) is 0 Å². The summed E-state index contributed by atoms with van der Waals surface area (Å²) in [7, 11) is -1.34. The average Bonchev–Trinajstić information content (AvgIpc) is 3.05. The zero-order valence-corrected chi connectivity index (χ0v) is 17.0. The van der Waals surface area contributed by atoms with Gasteiger partial charge in [0.05, 0.1) is 22.5 Å². The summed E-state index contributed by atoms with van der Waals surface area (Å²) >= 11 is 0. The number of rotatable bonds is 6. The average molecular weight is 399 g/mol. The fourth-order valence-corrected chi connectivity index (χ4v) is 5.22. The lowest BCUT2D eigenvalue weighted by Crippen LogP contribution is -2.35. The van der Waals surface area contributed by atoms with Gasteiger partial charge in [-0.3, -0.25) is 0 Å². The molecule has 0 spiro atoms. The molecule has 1 aromatic heterocycles. The van der Waals surface area contributed by atoms with E-state index in [0.717, 1.165) is 41.7 Å². The maximum absolute atomic E-state index is 12.7. The standard InChI is InChI=1S/C21H26N4O2S/c1-24-20-8-4-3-7-19(20)23-21(24)16-22-15-17-9-11-18(12-10-17)28(26,27)25-13-5-2-6-14-25/h3-4,7-12,22H,2,5-6,13-16H2,1H3. The zero-order chi connectivity index (χ0) is 19.6. The molecule has 4 rings (SSSR count). The summed E-state index contributed by atoms with van der Waals surface area (Å²) in [5.74, 6) is 0.977. The molecule has 2 aromatic carbocycles. The van der Waals surface area contributed by atoms with Crippen molar-refractivity contribution in [2.75, 3.05) is 13.1 Å². The fraction of sp³-hybridized carbons (Fsp3) is 0.381. The van der Waals surface area contributed by atoms with Crippen LogP contribution in [-0.2, 0) is 30.2 Å². The van der Waals surface area contributed by atoms with Crippen LogP contribution in [0.25, 0.3) is 11.0 Å². The lowest BCUT2D eigenvalue weighted by Gasteiger charge is -2.25. The largest absolute Gasteiger partial charge is 0.330 e. The number of piperidine rings is 1. The molecule has 0 saturated carbocycles. The van der Waals surface area contributed by atoms with E-state index in [0.29, 0.717) is 31.1 Å². The van der Waals surface area contributed by atoms with Crippen LogP contribution in [0.4, 0.5) is 0 Å². The number of hydrogen-bond acceptors (Lipinski definition) is 4. The van der Waals surface area contributed by atoms with Gasteiger partial charge in [-0.2, -0.15) is 4.31 Å². The van der Waals surface area contributed by atoms with Crippen LogP contribution in [0.2, 0.25) is 0 Å². The van der Waals surface area contributed by atoms with Gasteiger partial charge in [0.1, 0.15) is 5.82 Å². The third-order valence-corrected chi connectivity index (χ3v) is 7.28. The van der Waals surface area contributed by atoms with Crippen LogP contribution in [0.1, 0.15) is 30.7 Å². The van der Waals surface area contributed by atoms with Gasteiger partial charge >= 0.3 is 0 Å². The van der Waals surface area contributed by atoms with Crippen LogP contribution in [0, 0.1) is 0 Å². The van der Waals surface area contributed by atoms with Crippen molar-refractivity contribution in [3.63, 3.8) is 0 Å². The predicted molar refractivity (Wildman–Crippen MR) is 110 cm³/mol. The quantitative estimate of drug-likeness (QED) is 0.693. The molecular weight excluding hydrogens is 372 g/mol. The van der Waals surface area contributed by atoms with Crippen molar-refractivity contribution in [1.29, 1.82) is 0 Å². The molecule has 0 atom stereocenters. The Morgan fingerprint density at radius 3 is 2.39 bits per heavy atom. The third kappa shape index (κ3) is 3.83. The number of hydrogen-bond donors (Lipinski definition) is 1.